The molecule has 2 aromatic carbocycles. The standard InChI is InChI=1S/C11H10.C6H14O2Si/c1-9-5-4-7-10-6-2-3-8-11(9)10;1-3-5-7-9-8-6-4-2/h2-8H,1H3;3-6H2,1-2H3. The Hall–Kier alpha value is -1.16. The van der Waals surface area contributed by atoms with Gasteiger partial charge in [-0.2, -0.15) is 0 Å². The van der Waals surface area contributed by atoms with Gasteiger partial charge in [0.25, 0.3) is 0 Å². The Bertz CT molecular complexity index is 474. The highest BCUT2D eigenvalue weighted by molar-refractivity contribution is 6.17. The molecule has 0 fully saturated rings. The lowest BCUT2D eigenvalue weighted by Gasteiger charge is -1.98. The number of fused-ring (bicyclic) bond motifs is 1. The molecule has 0 N–H and O–H groups in total. The summed E-state index contributed by atoms with van der Waals surface area (Å²) in [6.07, 6.45) is 2.14. The van der Waals surface area contributed by atoms with Gasteiger partial charge in [0.1, 0.15) is 0 Å². The molecular formula is C17H24O2Si. The van der Waals surface area contributed by atoms with Gasteiger partial charge in [0.15, 0.2) is 0 Å². The van der Waals surface area contributed by atoms with E-state index in [0.29, 0.717) is 0 Å². The zero-order valence-corrected chi connectivity index (χ0v) is 13.7. The molecule has 0 saturated heterocycles. The van der Waals surface area contributed by atoms with Crippen LogP contribution in [-0.2, 0) is 8.85 Å². The molecule has 0 spiro atoms. The van der Waals surface area contributed by atoms with E-state index in [0.717, 1.165) is 26.1 Å². The topological polar surface area (TPSA) is 18.5 Å². The summed E-state index contributed by atoms with van der Waals surface area (Å²) in [7, 11) is 0.246. The molecule has 2 radical (unpaired) electrons. The van der Waals surface area contributed by atoms with Crippen LogP contribution in [0.3, 0.4) is 0 Å². The zero-order chi connectivity index (χ0) is 14.6. The highest BCUT2D eigenvalue weighted by Crippen LogP contribution is 2.16. The van der Waals surface area contributed by atoms with Crippen molar-refractivity contribution in [3.63, 3.8) is 0 Å². The molecule has 20 heavy (non-hydrogen) atoms. The van der Waals surface area contributed by atoms with E-state index in [9.17, 15) is 0 Å². The van der Waals surface area contributed by atoms with Gasteiger partial charge >= 0.3 is 10.0 Å². The van der Waals surface area contributed by atoms with Crippen LogP contribution >= 0.6 is 0 Å². The van der Waals surface area contributed by atoms with Crippen molar-refractivity contribution in [1.82, 2.24) is 0 Å². The van der Waals surface area contributed by atoms with Crippen molar-refractivity contribution in [3.8, 4) is 0 Å². The Balaban J connectivity index is 0.000000206. The third-order valence-electron chi connectivity index (χ3n) is 2.74. The summed E-state index contributed by atoms with van der Waals surface area (Å²) in [4.78, 5) is 0. The molecule has 0 aliphatic heterocycles. The highest BCUT2D eigenvalue weighted by atomic mass is 28.3. The fourth-order valence-corrected chi connectivity index (χ4v) is 2.37. The normalized spacial score (nSPS) is 10.2. The number of hydrogen-bond donors (Lipinski definition) is 0. The molecular weight excluding hydrogens is 264 g/mol. The number of hydrogen-bond acceptors (Lipinski definition) is 2. The van der Waals surface area contributed by atoms with Crippen LogP contribution in [-0.4, -0.2) is 23.2 Å². The monoisotopic (exact) mass is 288 g/mol. The molecule has 3 heteroatoms. The van der Waals surface area contributed by atoms with E-state index in [1.165, 1.54) is 16.3 Å². The summed E-state index contributed by atoms with van der Waals surface area (Å²) in [5.74, 6) is 0. The predicted octanol–water partition coefficient (Wildman–Crippen LogP) is 4.52. The lowest BCUT2D eigenvalue weighted by Crippen LogP contribution is -2.05. The van der Waals surface area contributed by atoms with Gasteiger partial charge in [-0.1, -0.05) is 56.3 Å². The Labute approximate surface area is 125 Å². The molecule has 0 bridgehead atoms. The van der Waals surface area contributed by atoms with Crippen molar-refractivity contribution in [2.24, 2.45) is 0 Å². The van der Waals surface area contributed by atoms with Crippen molar-refractivity contribution in [2.75, 3.05) is 13.2 Å². The minimum Gasteiger partial charge on any atom is -0.393 e. The second-order valence-electron chi connectivity index (χ2n) is 4.58. The Morgan fingerprint density at radius 1 is 0.850 bits per heavy atom. The third-order valence-corrected chi connectivity index (χ3v) is 3.38. The highest BCUT2D eigenvalue weighted by Gasteiger charge is 1.92. The van der Waals surface area contributed by atoms with Crippen LogP contribution in [0.5, 0.6) is 0 Å². The van der Waals surface area contributed by atoms with Crippen molar-refractivity contribution in [1.29, 1.82) is 0 Å². The maximum absolute atomic E-state index is 5.09. The Morgan fingerprint density at radius 2 is 1.45 bits per heavy atom. The maximum atomic E-state index is 5.09. The van der Waals surface area contributed by atoms with E-state index in [2.05, 4.69) is 63.2 Å². The van der Waals surface area contributed by atoms with Crippen molar-refractivity contribution in [3.05, 3.63) is 48.0 Å². The molecule has 0 atom stereocenters. The summed E-state index contributed by atoms with van der Waals surface area (Å²) in [5, 5.41) is 2.68. The average Bonchev–Trinajstić information content (AvgIpc) is 2.49. The molecule has 0 heterocycles. The fourth-order valence-electron chi connectivity index (χ4n) is 1.72. The van der Waals surface area contributed by atoms with E-state index in [-0.39, 0.29) is 10.0 Å². The Kier molecular flexibility index (Phi) is 8.95. The molecule has 0 unspecified atom stereocenters. The first-order valence-electron chi connectivity index (χ1n) is 7.22. The summed E-state index contributed by atoms with van der Waals surface area (Å²) in [6.45, 7) is 7.96. The van der Waals surface area contributed by atoms with Crippen molar-refractivity contribution < 1.29 is 8.85 Å². The van der Waals surface area contributed by atoms with Crippen molar-refractivity contribution >= 4 is 20.8 Å². The van der Waals surface area contributed by atoms with Gasteiger partial charge in [-0.25, -0.2) is 0 Å². The van der Waals surface area contributed by atoms with Gasteiger partial charge in [-0.3, -0.25) is 0 Å². The molecule has 0 aliphatic carbocycles. The van der Waals surface area contributed by atoms with Gasteiger partial charge in [-0.15, -0.1) is 0 Å². The van der Waals surface area contributed by atoms with Crippen LogP contribution < -0.4 is 0 Å². The van der Waals surface area contributed by atoms with Crippen LogP contribution in [0, 0.1) is 6.92 Å². The van der Waals surface area contributed by atoms with Gasteiger partial charge in [0, 0.05) is 13.2 Å². The first-order valence-corrected chi connectivity index (χ1v) is 8.04. The summed E-state index contributed by atoms with van der Waals surface area (Å²) >= 11 is 0. The molecule has 0 aromatic heterocycles. The summed E-state index contributed by atoms with van der Waals surface area (Å²) in [5.41, 5.74) is 1.35. The SMILES string of the molecule is CCCO[Si]OCCC.Cc1cccc2ccccc12. The van der Waals surface area contributed by atoms with Gasteiger partial charge in [-0.05, 0) is 36.1 Å². The second kappa shape index (κ2) is 10.6. The number of benzene rings is 2. The number of rotatable bonds is 6. The molecule has 0 amide bonds. The molecule has 0 aliphatic rings. The molecule has 2 nitrogen and oxygen atoms in total. The van der Waals surface area contributed by atoms with Crippen LogP contribution in [0.25, 0.3) is 10.8 Å². The quantitative estimate of drug-likeness (QED) is 0.574. The van der Waals surface area contributed by atoms with Gasteiger partial charge in [0.05, 0.1) is 0 Å². The molecule has 2 rings (SSSR count). The zero-order valence-electron chi connectivity index (χ0n) is 12.7. The average molecular weight is 288 g/mol. The van der Waals surface area contributed by atoms with E-state index >= 15 is 0 Å². The Morgan fingerprint density at radius 3 is 2.05 bits per heavy atom. The lowest BCUT2D eigenvalue weighted by molar-refractivity contribution is 0.222. The first kappa shape index (κ1) is 16.9. The first-order chi connectivity index (χ1) is 9.79. The van der Waals surface area contributed by atoms with Gasteiger partial charge in [0.2, 0.25) is 0 Å². The predicted molar refractivity (Wildman–Crippen MR) is 86.9 cm³/mol. The maximum Gasteiger partial charge on any atom is 0.433 e. The summed E-state index contributed by atoms with van der Waals surface area (Å²) < 4.78 is 10.2. The minimum atomic E-state index is 0.246. The van der Waals surface area contributed by atoms with Crippen LogP contribution in [0.2, 0.25) is 0 Å². The molecule has 108 valence electrons. The third kappa shape index (κ3) is 6.33. The minimum absolute atomic E-state index is 0.246. The smallest absolute Gasteiger partial charge is 0.393 e. The van der Waals surface area contributed by atoms with E-state index in [4.69, 9.17) is 8.85 Å². The van der Waals surface area contributed by atoms with E-state index in [1.54, 1.807) is 0 Å². The molecule has 2 aromatic rings. The fraction of sp³-hybridized carbons (Fsp3) is 0.412. The molecule has 0 saturated carbocycles. The van der Waals surface area contributed by atoms with Crippen molar-refractivity contribution in [2.45, 2.75) is 33.6 Å². The second-order valence-corrected chi connectivity index (χ2v) is 5.32. The lowest BCUT2D eigenvalue weighted by atomic mass is 10.1. The van der Waals surface area contributed by atoms with Crippen LogP contribution in [0.1, 0.15) is 32.3 Å². The van der Waals surface area contributed by atoms with Crippen LogP contribution in [0.4, 0.5) is 0 Å². The summed E-state index contributed by atoms with van der Waals surface area (Å²) in [6, 6.07) is 14.8. The number of aryl methyl sites for hydroxylation is 1. The van der Waals surface area contributed by atoms with E-state index < -0.39 is 0 Å². The largest absolute Gasteiger partial charge is 0.433 e. The van der Waals surface area contributed by atoms with E-state index in [1.807, 2.05) is 0 Å². The van der Waals surface area contributed by atoms with Crippen LogP contribution in [0.15, 0.2) is 42.5 Å². The van der Waals surface area contributed by atoms with Gasteiger partial charge < -0.3 is 8.85 Å².